The zero-order valence-electron chi connectivity index (χ0n) is 18.3. The van der Waals surface area contributed by atoms with Gasteiger partial charge in [0.2, 0.25) is 10.0 Å². The summed E-state index contributed by atoms with van der Waals surface area (Å²) in [5.41, 5.74) is 1.99. The quantitative estimate of drug-likeness (QED) is 0.613. The number of amides is 1. The normalized spacial score (nSPS) is 16.0. The zero-order valence-corrected chi connectivity index (χ0v) is 19.9. The van der Waals surface area contributed by atoms with Crippen molar-refractivity contribution in [3.8, 4) is 6.07 Å². The number of sulfonamides is 1. The number of nitrogens with zero attached hydrogens (tertiary/aromatic N) is 2. The van der Waals surface area contributed by atoms with Crippen molar-refractivity contribution >= 4 is 32.3 Å². The summed E-state index contributed by atoms with van der Waals surface area (Å²) in [5.74, 6) is 0.193. The first-order valence-corrected chi connectivity index (χ1v) is 13.0. The summed E-state index contributed by atoms with van der Waals surface area (Å²) < 4.78 is 27.3. The number of thiophene rings is 1. The van der Waals surface area contributed by atoms with Crippen LogP contribution in [0, 0.1) is 17.2 Å². The lowest BCUT2D eigenvalue weighted by Crippen LogP contribution is -2.32. The van der Waals surface area contributed by atoms with E-state index in [4.69, 9.17) is 0 Å². The molecule has 1 atom stereocenters. The van der Waals surface area contributed by atoms with Crippen LogP contribution in [0.25, 0.3) is 0 Å². The number of nitriles is 1. The van der Waals surface area contributed by atoms with Gasteiger partial charge < -0.3 is 5.32 Å². The topological polar surface area (TPSA) is 90.3 Å². The minimum atomic E-state index is -3.58. The maximum absolute atomic E-state index is 12.9. The van der Waals surface area contributed by atoms with Crippen LogP contribution in [0.4, 0.5) is 5.00 Å². The monoisotopic (exact) mass is 459 g/mol. The van der Waals surface area contributed by atoms with Crippen LogP contribution in [0.5, 0.6) is 0 Å². The maximum atomic E-state index is 12.9. The van der Waals surface area contributed by atoms with Gasteiger partial charge in [0.1, 0.15) is 11.1 Å². The summed E-state index contributed by atoms with van der Waals surface area (Å²) in [5, 5.41) is 13.1. The second kappa shape index (κ2) is 9.94. The number of rotatable bonds is 8. The average molecular weight is 460 g/mol. The molecule has 3 rings (SSSR count). The van der Waals surface area contributed by atoms with Gasteiger partial charge in [-0.05, 0) is 67.9 Å². The molecule has 1 aliphatic carbocycles. The lowest BCUT2D eigenvalue weighted by Gasteiger charge is -2.21. The van der Waals surface area contributed by atoms with E-state index in [1.54, 1.807) is 0 Å². The molecule has 0 saturated carbocycles. The molecule has 0 bridgehead atoms. The third-order valence-corrected chi connectivity index (χ3v) is 8.67. The molecule has 1 aliphatic rings. The summed E-state index contributed by atoms with van der Waals surface area (Å²) in [7, 11) is -3.58. The highest BCUT2D eigenvalue weighted by molar-refractivity contribution is 7.89. The number of hydrogen-bond acceptors (Lipinski definition) is 5. The van der Waals surface area contributed by atoms with Crippen molar-refractivity contribution in [2.24, 2.45) is 5.92 Å². The van der Waals surface area contributed by atoms with E-state index in [0.717, 1.165) is 37.7 Å². The van der Waals surface area contributed by atoms with Crippen molar-refractivity contribution in [2.75, 3.05) is 18.4 Å². The number of aryl methyl sites for hydroxylation is 1. The van der Waals surface area contributed by atoms with E-state index in [2.05, 4.69) is 18.3 Å². The van der Waals surface area contributed by atoms with Crippen LogP contribution in [-0.4, -0.2) is 31.7 Å². The minimum absolute atomic E-state index is 0.184. The highest BCUT2D eigenvalue weighted by Crippen LogP contribution is 2.39. The van der Waals surface area contributed by atoms with Crippen molar-refractivity contribution in [1.29, 1.82) is 5.26 Å². The van der Waals surface area contributed by atoms with Crippen molar-refractivity contribution in [2.45, 2.75) is 57.8 Å². The fraction of sp³-hybridized carbons (Fsp3) is 0.478. The van der Waals surface area contributed by atoms with E-state index in [1.165, 1.54) is 44.8 Å². The molecule has 6 nitrogen and oxygen atoms in total. The maximum Gasteiger partial charge on any atom is 0.256 e. The SMILES string of the molecule is CCCN(CCC)S(=O)(=O)c1ccc(C(=O)Nc2sc3c(c2C#N)CC(C)CC3)cc1. The largest absolute Gasteiger partial charge is 0.312 e. The number of hydrogen-bond donors (Lipinski definition) is 1. The molecule has 8 heteroatoms. The zero-order chi connectivity index (χ0) is 22.6. The van der Waals surface area contributed by atoms with Crippen LogP contribution in [-0.2, 0) is 22.9 Å². The van der Waals surface area contributed by atoms with Crippen molar-refractivity contribution in [3.05, 3.63) is 45.8 Å². The van der Waals surface area contributed by atoms with Gasteiger partial charge in [0.25, 0.3) is 5.91 Å². The fourth-order valence-electron chi connectivity index (χ4n) is 3.92. The summed E-state index contributed by atoms with van der Waals surface area (Å²) in [6.07, 6.45) is 4.37. The molecule has 1 heterocycles. The lowest BCUT2D eigenvalue weighted by atomic mass is 9.88. The minimum Gasteiger partial charge on any atom is -0.312 e. The molecule has 0 saturated heterocycles. The molecular weight excluding hydrogens is 430 g/mol. The molecule has 1 aromatic carbocycles. The Morgan fingerprint density at radius 3 is 2.45 bits per heavy atom. The van der Waals surface area contributed by atoms with Crippen LogP contribution in [0.1, 0.15) is 66.4 Å². The fourth-order valence-corrected chi connectivity index (χ4v) is 6.73. The Hall–Kier alpha value is -2.21. The molecule has 1 unspecified atom stereocenters. The smallest absolute Gasteiger partial charge is 0.256 e. The Balaban J connectivity index is 1.80. The molecule has 0 radical (unpaired) electrons. The van der Waals surface area contributed by atoms with Gasteiger partial charge in [0.05, 0.1) is 10.5 Å². The molecule has 0 fully saturated rings. The van der Waals surface area contributed by atoms with Gasteiger partial charge in [-0.15, -0.1) is 11.3 Å². The van der Waals surface area contributed by atoms with Gasteiger partial charge in [0.15, 0.2) is 0 Å². The van der Waals surface area contributed by atoms with Crippen molar-refractivity contribution in [1.82, 2.24) is 4.31 Å². The molecule has 0 spiro atoms. The second-order valence-corrected chi connectivity index (χ2v) is 11.1. The highest BCUT2D eigenvalue weighted by atomic mass is 32.2. The van der Waals surface area contributed by atoms with Crippen LogP contribution < -0.4 is 5.32 Å². The standard InChI is InChI=1S/C23H29N3O3S2/c1-4-12-26(13-5-2)31(28,29)18-9-7-17(8-10-18)22(27)25-23-20(15-24)19-14-16(3)6-11-21(19)30-23/h7-10,16H,4-6,11-14H2,1-3H3,(H,25,27). The number of nitrogens with one attached hydrogen (secondary N) is 1. The molecule has 1 aromatic heterocycles. The Labute approximate surface area is 188 Å². The molecule has 2 aromatic rings. The molecular formula is C23H29N3O3S2. The Morgan fingerprint density at radius 1 is 1.23 bits per heavy atom. The number of benzene rings is 1. The van der Waals surface area contributed by atoms with Crippen LogP contribution in [0.3, 0.4) is 0 Å². The Bertz CT molecular complexity index is 1080. The number of carbonyl (C=O) groups excluding carboxylic acids is 1. The molecule has 1 amide bonds. The number of carbonyl (C=O) groups is 1. The molecule has 166 valence electrons. The second-order valence-electron chi connectivity index (χ2n) is 8.05. The van der Waals surface area contributed by atoms with Crippen molar-refractivity contribution in [3.63, 3.8) is 0 Å². The van der Waals surface area contributed by atoms with Gasteiger partial charge in [-0.2, -0.15) is 9.57 Å². The van der Waals surface area contributed by atoms with E-state index >= 15 is 0 Å². The van der Waals surface area contributed by atoms with E-state index in [9.17, 15) is 18.5 Å². The predicted octanol–water partition coefficient (Wildman–Crippen LogP) is 4.81. The van der Waals surface area contributed by atoms with E-state index in [-0.39, 0.29) is 10.8 Å². The average Bonchev–Trinajstić information content (AvgIpc) is 3.09. The Morgan fingerprint density at radius 2 is 1.87 bits per heavy atom. The van der Waals surface area contributed by atoms with Crippen molar-refractivity contribution < 1.29 is 13.2 Å². The van der Waals surface area contributed by atoms with Gasteiger partial charge >= 0.3 is 0 Å². The molecule has 0 aliphatic heterocycles. The third kappa shape index (κ3) is 5.00. The summed E-state index contributed by atoms with van der Waals surface area (Å²) in [6, 6.07) is 8.27. The van der Waals surface area contributed by atoms with Crippen LogP contribution in [0.15, 0.2) is 29.2 Å². The van der Waals surface area contributed by atoms with Crippen LogP contribution in [0.2, 0.25) is 0 Å². The van der Waals surface area contributed by atoms with Gasteiger partial charge in [-0.3, -0.25) is 4.79 Å². The predicted molar refractivity (Wildman–Crippen MR) is 124 cm³/mol. The first kappa shape index (κ1) is 23.5. The van der Waals surface area contributed by atoms with Crippen LogP contribution >= 0.6 is 11.3 Å². The summed E-state index contributed by atoms with van der Waals surface area (Å²) >= 11 is 1.48. The van der Waals surface area contributed by atoms with E-state index in [0.29, 0.717) is 35.1 Å². The first-order valence-electron chi connectivity index (χ1n) is 10.8. The molecule has 31 heavy (non-hydrogen) atoms. The van der Waals surface area contributed by atoms with E-state index in [1.807, 2.05) is 13.8 Å². The summed E-state index contributed by atoms with van der Waals surface area (Å²) in [6.45, 7) is 7.01. The highest BCUT2D eigenvalue weighted by Gasteiger charge is 2.26. The Kier molecular flexibility index (Phi) is 7.52. The number of fused-ring (bicyclic) bond motifs is 1. The molecule has 1 N–H and O–H groups in total. The van der Waals surface area contributed by atoms with Gasteiger partial charge in [-0.1, -0.05) is 20.8 Å². The lowest BCUT2D eigenvalue weighted by molar-refractivity contribution is 0.102. The number of anilines is 1. The first-order chi connectivity index (χ1) is 14.8. The van der Waals surface area contributed by atoms with Gasteiger partial charge in [-0.25, -0.2) is 8.42 Å². The van der Waals surface area contributed by atoms with Gasteiger partial charge in [0, 0.05) is 23.5 Å². The summed E-state index contributed by atoms with van der Waals surface area (Å²) in [4.78, 5) is 14.1. The third-order valence-electron chi connectivity index (χ3n) is 5.55. The van der Waals surface area contributed by atoms with E-state index < -0.39 is 10.0 Å².